The first-order valence-electron chi connectivity index (χ1n) is 6.25. The second-order valence-corrected chi connectivity index (χ2v) is 4.87. The van der Waals surface area contributed by atoms with Crippen molar-refractivity contribution in [2.45, 2.75) is 18.6 Å². The summed E-state index contributed by atoms with van der Waals surface area (Å²) in [5.41, 5.74) is 0.244. The highest BCUT2D eigenvalue weighted by atomic mass is 35.5. The number of alkyl halides is 3. The van der Waals surface area contributed by atoms with Crippen LogP contribution in [0.4, 0.5) is 13.2 Å². The van der Waals surface area contributed by atoms with Gasteiger partial charge in [-0.3, -0.25) is 4.79 Å². The Morgan fingerprint density at radius 1 is 1.23 bits per heavy atom. The van der Waals surface area contributed by atoms with Crippen molar-refractivity contribution in [2.75, 3.05) is 0 Å². The quantitative estimate of drug-likeness (QED) is 0.877. The minimum Gasteiger partial charge on any atom is -0.339 e. The summed E-state index contributed by atoms with van der Waals surface area (Å²) in [5, 5.41) is 1.91. The van der Waals surface area contributed by atoms with E-state index in [0.717, 1.165) is 12.4 Å². The average Bonchev–Trinajstić information content (AvgIpc) is 2.46. The number of carbonyl (C=O) groups excluding carboxylic acids is 1. The third-order valence-corrected chi connectivity index (χ3v) is 3.06. The summed E-state index contributed by atoms with van der Waals surface area (Å²) in [7, 11) is 0. The second kappa shape index (κ2) is 6.74. The number of nitrogens with one attached hydrogen (secondary N) is 1. The van der Waals surface area contributed by atoms with Gasteiger partial charge in [-0.2, -0.15) is 13.2 Å². The van der Waals surface area contributed by atoms with Gasteiger partial charge >= 0.3 is 6.18 Å². The van der Waals surface area contributed by atoms with Gasteiger partial charge in [-0.25, -0.2) is 9.97 Å². The summed E-state index contributed by atoms with van der Waals surface area (Å²) in [6, 6.07) is 7.18. The molecule has 0 radical (unpaired) electrons. The Labute approximate surface area is 129 Å². The Hall–Kier alpha value is -2.15. The van der Waals surface area contributed by atoms with Crippen LogP contribution >= 0.6 is 11.6 Å². The maximum atomic E-state index is 13.1. The predicted molar refractivity (Wildman–Crippen MR) is 74.5 cm³/mol. The number of carbonyl (C=O) groups is 1. The molecule has 0 aliphatic heterocycles. The van der Waals surface area contributed by atoms with E-state index in [0.29, 0.717) is 5.56 Å². The van der Waals surface area contributed by atoms with E-state index in [1.807, 2.05) is 5.32 Å². The monoisotopic (exact) mass is 329 g/mol. The minimum absolute atomic E-state index is 0.0215. The highest BCUT2D eigenvalue weighted by Gasteiger charge is 2.40. The molecular weight excluding hydrogens is 319 g/mol. The third kappa shape index (κ3) is 4.42. The van der Waals surface area contributed by atoms with Gasteiger partial charge in [-0.1, -0.05) is 41.9 Å². The number of amides is 1. The first kappa shape index (κ1) is 16.2. The molecule has 22 heavy (non-hydrogen) atoms. The van der Waals surface area contributed by atoms with Gasteiger partial charge in [0.25, 0.3) is 5.91 Å². The van der Waals surface area contributed by atoms with Crippen molar-refractivity contribution in [3.05, 3.63) is 59.1 Å². The third-order valence-electron chi connectivity index (χ3n) is 2.85. The Kier molecular flexibility index (Phi) is 4.97. The molecule has 1 amide bonds. The van der Waals surface area contributed by atoms with E-state index in [-0.39, 0.29) is 17.3 Å². The predicted octanol–water partition coefficient (Wildman–Crippen LogP) is 3.03. The zero-order valence-electron chi connectivity index (χ0n) is 11.1. The van der Waals surface area contributed by atoms with E-state index in [1.165, 1.54) is 0 Å². The van der Waals surface area contributed by atoms with Crippen LogP contribution in [-0.4, -0.2) is 28.1 Å². The average molecular weight is 330 g/mol. The molecule has 0 saturated heterocycles. The Morgan fingerprint density at radius 2 is 1.91 bits per heavy atom. The normalized spacial score (nSPS) is 12.7. The van der Waals surface area contributed by atoms with E-state index in [1.54, 1.807) is 30.3 Å². The summed E-state index contributed by atoms with van der Waals surface area (Å²) in [4.78, 5) is 19.1. The molecule has 4 nitrogen and oxygen atoms in total. The second-order valence-electron chi connectivity index (χ2n) is 4.48. The number of hydrogen-bond donors (Lipinski definition) is 1. The van der Waals surface area contributed by atoms with Crippen LogP contribution in [0.3, 0.4) is 0 Å². The maximum Gasteiger partial charge on any atom is 0.408 e. The zero-order valence-corrected chi connectivity index (χ0v) is 11.9. The van der Waals surface area contributed by atoms with Crippen LogP contribution in [0.2, 0.25) is 5.15 Å². The first-order valence-corrected chi connectivity index (χ1v) is 6.63. The molecule has 1 unspecified atom stereocenters. The number of nitrogens with zero attached hydrogens (tertiary/aromatic N) is 2. The molecule has 2 rings (SSSR count). The SMILES string of the molecule is O=C(NC(Cc1ccccc1)C(F)(F)F)c1cc(Cl)ncn1. The molecule has 0 spiro atoms. The highest BCUT2D eigenvalue weighted by Crippen LogP contribution is 2.23. The summed E-state index contributed by atoms with van der Waals surface area (Å²) >= 11 is 5.59. The van der Waals surface area contributed by atoms with Crippen LogP contribution in [0.5, 0.6) is 0 Å². The number of halogens is 4. The number of rotatable bonds is 4. The fourth-order valence-electron chi connectivity index (χ4n) is 1.79. The van der Waals surface area contributed by atoms with Crippen molar-refractivity contribution in [1.29, 1.82) is 0 Å². The fraction of sp³-hybridized carbons (Fsp3) is 0.214. The lowest BCUT2D eigenvalue weighted by atomic mass is 10.1. The van der Waals surface area contributed by atoms with Crippen molar-refractivity contribution in [3.63, 3.8) is 0 Å². The van der Waals surface area contributed by atoms with Gasteiger partial charge < -0.3 is 5.32 Å². The summed E-state index contributed by atoms with van der Waals surface area (Å²) in [6.45, 7) is 0. The molecule has 2 aromatic rings. The van der Waals surface area contributed by atoms with Crippen molar-refractivity contribution < 1.29 is 18.0 Å². The van der Waals surface area contributed by atoms with Crippen LogP contribution in [0.1, 0.15) is 16.1 Å². The topological polar surface area (TPSA) is 54.9 Å². The molecule has 0 aliphatic carbocycles. The Morgan fingerprint density at radius 3 is 2.50 bits per heavy atom. The highest BCUT2D eigenvalue weighted by molar-refractivity contribution is 6.29. The van der Waals surface area contributed by atoms with E-state index in [4.69, 9.17) is 11.6 Å². The molecular formula is C14H11ClF3N3O. The lowest BCUT2D eigenvalue weighted by Gasteiger charge is -2.21. The lowest BCUT2D eigenvalue weighted by Crippen LogP contribution is -2.47. The van der Waals surface area contributed by atoms with Crippen LogP contribution in [0.15, 0.2) is 42.7 Å². The number of aromatic nitrogens is 2. The molecule has 1 N–H and O–H groups in total. The van der Waals surface area contributed by atoms with Gasteiger partial charge in [-0.05, 0) is 5.56 Å². The van der Waals surface area contributed by atoms with Crippen molar-refractivity contribution in [2.24, 2.45) is 0 Å². The lowest BCUT2D eigenvalue weighted by molar-refractivity contribution is -0.153. The van der Waals surface area contributed by atoms with E-state index >= 15 is 0 Å². The molecule has 0 aliphatic rings. The Bertz CT molecular complexity index is 649. The van der Waals surface area contributed by atoms with Crippen LogP contribution in [-0.2, 0) is 6.42 Å². The minimum atomic E-state index is -4.58. The van der Waals surface area contributed by atoms with Gasteiger partial charge in [0.05, 0.1) is 0 Å². The summed E-state index contributed by atoms with van der Waals surface area (Å²) in [5.74, 6) is -0.956. The molecule has 116 valence electrons. The van der Waals surface area contributed by atoms with Gasteiger partial charge in [0.1, 0.15) is 23.2 Å². The zero-order chi connectivity index (χ0) is 16.2. The van der Waals surface area contributed by atoms with Crippen LogP contribution in [0, 0.1) is 0 Å². The van der Waals surface area contributed by atoms with Gasteiger partial charge in [0, 0.05) is 12.5 Å². The van der Waals surface area contributed by atoms with Gasteiger partial charge in [0.2, 0.25) is 0 Å². The van der Waals surface area contributed by atoms with Crippen molar-refractivity contribution in [1.82, 2.24) is 15.3 Å². The number of hydrogen-bond acceptors (Lipinski definition) is 3. The Balaban J connectivity index is 2.15. The smallest absolute Gasteiger partial charge is 0.339 e. The van der Waals surface area contributed by atoms with Crippen LogP contribution in [0.25, 0.3) is 0 Å². The molecule has 8 heteroatoms. The van der Waals surface area contributed by atoms with Gasteiger partial charge in [-0.15, -0.1) is 0 Å². The molecule has 0 bridgehead atoms. The van der Waals surface area contributed by atoms with Crippen LogP contribution < -0.4 is 5.32 Å². The van der Waals surface area contributed by atoms with E-state index in [2.05, 4.69) is 9.97 Å². The molecule has 0 fully saturated rings. The molecule has 1 heterocycles. The largest absolute Gasteiger partial charge is 0.408 e. The summed E-state index contributed by atoms with van der Waals surface area (Å²) in [6.07, 6.45) is -3.94. The van der Waals surface area contributed by atoms with E-state index in [9.17, 15) is 18.0 Å². The molecule has 1 aromatic heterocycles. The fourth-order valence-corrected chi connectivity index (χ4v) is 1.94. The van der Waals surface area contributed by atoms with Crippen molar-refractivity contribution >= 4 is 17.5 Å². The number of benzene rings is 1. The maximum absolute atomic E-state index is 13.1. The van der Waals surface area contributed by atoms with Gasteiger partial charge in [0.15, 0.2) is 0 Å². The van der Waals surface area contributed by atoms with E-state index < -0.39 is 18.1 Å². The molecule has 0 saturated carbocycles. The summed E-state index contributed by atoms with van der Waals surface area (Å²) < 4.78 is 39.3. The van der Waals surface area contributed by atoms with Crippen molar-refractivity contribution in [3.8, 4) is 0 Å². The molecule has 1 atom stereocenters. The first-order chi connectivity index (χ1) is 10.4. The molecule has 1 aromatic carbocycles. The standard InChI is InChI=1S/C14H11ClF3N3O/c15-12-7-10(19-8-20-12)13(22)21-11(14(16,17)18)6-9-4-2-1-3-5-9/h1-5,7-8,11H,6H2,(H,21,22).